The Hall–Kier alpha value is -0.870. The second kappa shape index (κ2) is 3.07. The summed E-state index contributed by atoms with van der Waals surface area (Å²) in [6.07, 6.45) is 3.08. The summed E-state index contributed by atoms with van der Waals surface area (Å²) in [6.45, 7) is 7.87. The lowest BCUT2D eigenvalue weighted by Crippen LogP contribution is -2.46. The summed E-state index contributed by atoms with van der Waals surface area (Å²) in [6, 6.07) is 0. The van der Waals surface area contributed by atoms with Crippen molar-refractivity contribution in [1.82, 2.24) is 0 Å². The highest BCUT2D eigenvalue weighted by Gasteiger charge is 2.79. The average molecular weight is 264 g/mol. The first kappa shape index (κ1) is 11.9. The van der Waals surface area contributed by atoms with Crippen LogP contribution in [0, 0.1) is 11.8 Å². The highest BCUT2D eigenvalue weighted by atomic mass is 16.6. The van der Waals surface area contributed by atoms with Gasteiger partial charge in [0.2, 0.25) is 0 Å². The molecule has 2 unspecified atom stereocenters. The number of epoxide rings is 1. The highest BCUT2D eigenvalue weighted by Crippen LogP contribution is 2.69. The minimum absolute atomic E-state index is 0.0483. The largest absolute Gasteiger partial charge is 0.458 e. The van der Waals surface area contributed by atoms with Gasteiger partial charge in [-0.3, -0.25) is 0 Å². The SMILES string of the molecule is C=C1C(=O)O[C@H]2C1CC[C@]1(C)O[C@@]13CC[C@@](C)(O)C23. The van der Waals surface area contributed by atoms with Gasteiger partial charge in [-0.15, -0.1) is 0 Å². The second-order valence-electron chi connectivity index (χ2n) is 7.10. The van der Waals surface area contributed by atoms with Crippen LogP contribution in [0.3, 0.4) is 0 Å². The normalized spacial score (nSPS) is 59.0. The van der Waals surface area contributed by atoms with Crippen molar-refractivity contribution in [3.63, 3.8) is 0 Å². The fourth-order valence-electron chi connectivity index (χ4n) is 4.92. The van der Waals surface area contributed by atoms with Gasteiger partial charge in [0.15, 0.2) is 0 Å². The molecular formula is C15H20O4. The molecule has 4 rings (SSSR count). The van der Waals surface area contributed by atoms with Crippen molar-refractivity contribution in [2.45, 2.75) is 62.4 Å². The lowest BCUT2D eigenvalue weighted by atomic mass is 9.76. The molecule has 1 N–H and O–H groups in total. The molecule has 2 aliphatic carbocycles. The molecule has 0 amide bonds. The third-order valence-electron chi connectivity index (χ3n) is 6.05. The van der Waals surface area contributed by atoms with E-state index in [4.69, 9.17) is 9.47 Å². The van der Waals surface area contributed by atoms with Crippen LogP contribution in [-0.4, -0.2) is 34.0 Å². The molecule has 4 heteroatoms. The molecule has 0 aromatic carbocycles. The maximum Gasteiger partial charge on any atom is 0.334 e. The molecule has 6 atom stereocenters. The number of fused-ring (bicyclic) bond motifs is 2. The van der Waals surface area contributed by atoms with Gasteiger partial charge in [0.1, 0.15) is 11.7 Å². The Kier molecular flexibility index (Phi) is 1.92. The second-order valence-corrected chi connectivity index (χ2v) is 7.10. The van der Waals surface area contributed by atoms with Crippen molar-refractivity contribution in [3.05, 3.63) is 12.2 Å². The van der Waals surface area contributed by atoms with E-state index in [1.165, 1.54) is 0 Å². The zero-order chi connectivity index (χ0) is 13.6. The van der Waals surface area contributed by atoms with Gasteiger partial charge in [-0.1, -0.05) is 6.58 Å². The van der Waals surface area contributed by atoms with Crippen LogP contribution in [0.1, 0.15) is 39.5 Å². The fraction of sp³-hybridized carbons (Fsp3) is 0.800. The predicted molar refractivity (Wildman–Crippen MR) is 67.3 cm³/mol. The first-order valence-electron chi connectivity index (χ1n) is 7.13. The summed E-state index contributed by atoms with van der Waals surface area (Å²) < 4.78 is 11.7. The first-order chi connectivity index (χ1) is 8.81. The van der Waals surface area contributed by atoms with Crippen molar-refractivity contribution in [2.24, 2.45) is 11.8 Å². The Bertz CT molecular complexity index is 496. The van der Waals surface area contributed by atoms with Crippen LogP contribution < -0.4 is 0 Å². The quantitative estimate of drug-likeness (QED) is 0.410. The van der Waals surface area contributed by atoms with Gasteiger partial charge in [0.25, 0.3) is 0 Å². The Morgan fingerprint density at radius 3 is 2.79 bits per heavy atom. The third-order valence-corrected chi connectivity index (χ3v) is 6.05. The molecule has 0 aromatic heterocycles. The smallest absolute Gasteiger partial charge is 0.334 e. The van der Waals surface area contributed by atoms with Crippen LogP contribution in [0.2, 0.25) is 0 Å². The summed E-state index contributed by atoms with van der Waals surface area (Å²) >= 11 is 0. The van der Waals surface area contributed by atoms with E-state index in [-0.39, 0.29) is 35.1 Å². The van der Waals surface area contributed by atoms with Gasteiger partial charge in [-0.25, -0.2) is 4.79 Å². The number of hydrogen-bond donors (Lipinski definition) is 1. The zero-order valence-corrected chi connectivity index (χ0v) is 11.4. The molecule has 0 bridgehead atoms. The van der Waals surface area contributed by atoms with Crippen molar-refractivity contribution in [1.29, 1.82) is 0 Å². The maximum atomic E-state index is 11.8. The molecule has 104 valence electrons. The van der Waals surface area contributed by atoms with Crippen molar-refractivity contribution >= 4 is 5.97 Å². The highest BCUT2D eigenvalue weighted by molar-refractivity contribution is 5.91. The van der Waals surface area contributed by atoms with E-state index in [0.717, 1.165) is 19.3 Å². The number of carbonyl (C=O) groups excluding carboxylic acids is 1. The van der Waals surface area contributed by atoms with Gasteiger partial charge in [0, 0.05) is 11.5 Å². The molecule has 2 aliphatic heterocycles. The average Bonchev–Trinajstić information content (AvgIpc) is 2.70. The number of ether oxygens (including phenoxy) is 2. The maximum absolute atomic E-state index is 11.8. The number of hydrogen-bond acceptors (Lipinski definition) is 4. The van der Waals surface area contributed by atoms with Crippen molar-refractivity contribution < 1.29 is 19.4 Å². The lowest BCUT2D eigenvalue weighted by molar-refractivity contribution is -0.147. The molecule has 4 aliphatic rings. The number of esters is 1. The van der Waals surface area contributed by atoms with Crippen LogP contribution in [0.25, 0.3) is 0 Å². The topological polar surface area (TPSA) is 59.1 Å². The Morgan fingerprint density at radius 1 is 1.32 bits per heavy atom. The molecular weight excluding hydrogens is 244 g/mol. The van der Waals surface area contributed by atoms with Crippen LogP contribution in [0.4, 0.5) is 0 Å². The van der Waals surface area contributed by atoms with Gasteiger partial charge in [-0.2, -0.15) is 0 Å². The summed E-state index contributed by atoms with van der Waals surface area (Å²) in [7, 11) is 0. The third kappa shape index (κ3) is 1.20. The Labute approximate surface area is 112 Å². The van der Waals surface area contributed by atoms with Crippen LogP contribution >= 0.6 is 0 Å². The van der Waals surface area contributed by atoms with E-state index in [0.29, 0.717) is 12.0 Å². The fourth-order valence-corrected chi connectivity index (χ4v) is 4.92. The van der Waals surface area contributed by atoms with Gasteiger partial charge in [-0.05, 0) is 39.5 Å². The number of aliphatic hydroxyl groups is 1. The van der Waals surface area contributed by atoms with Crippen LogP contribution in [0.5, 0.6) is 0 Å². The van der Waals surface area contributed by atoms with Gasteiger partial charge >= 0.3 is 5.97 Å². The minimum atomic E-state index is -0.823. The molecule has 2 saturated carbocycles. The zero-order valence-electron chi connectivity index (χ0n) is 11.4. The molecule has 2 saturated heterocycles. The van der Waals surface area contributed by atoms with Crippen LogP contribution in [0.15, 0.2) is 12.2 Å². The van der Waals surface area contributed by atoms with E-state index in [2.05, 4.69) is 13.5 Å². The molecule has 0 aromatic rings. The Morgan fingerprint density at radius 2 is 2.05 bits per heavy atom. The lowest BCUT2D eigenvalue weighted by Gasteiger charge is -2.33. The van der Waals surface area contributed by atoms with E-state index in [1.807, 2.05) is 6.92 Å². The summed E-state index contributed by atoms with van der Waals surface area (Å²) in [5, 5.41) is 10.7. The summed E-state index contributed by atoms with van der Waals surface area (Å²) in [5.41, 5.74) is -0.695. The molecule has 4 nitrogen and oxygen atoms in total. The molecule has 0 radical (unpaired) electrons. The van der Waals surface area contributed by atoms with Crippen molar-refractivity contribution in [3.8, 4) is 0 Å². The van der Waals surface area contributed by atoms with Crippen LogP contribution in [-0.2, 0) is 14.3 Å². The Balaban J connectivity index is 1.82. The standard InChI is InChI=1S/C15H20O4/c1-8-9-4-5-14(3)15(19-14)7-6-13(2,17)11(15)10(9)18-12(8)16/h9-11,17H,1,4-7H2,2-3H3/t9?,10-,11?,13+,14-,15+/m0/s1. The summed E-state index contributed by atoms with van der Waals surface area (Å²) in [4.78, 5) is 11.8. The molecule has 4 fully saturated rings. The van der Waals surface area contributed by atoms with Gasteiger partial charge < -0.3 is 14.6 Å². The molecule has 1 spiro atoms. The van der Waals surface area contributed by atoms with E-state index < -0.39 is 5.60 Å². The number of rotatable bonds is 0. The van der Waals surface area contributed by atoms with E-state index in [1.54, 1.807) is 0 Å². The molecule has 19 heavy (non-hydrogen) atoms. The van der Waals surface area contributed by atoms with Crippen molar-refractivity contribution in [2.75, 3.05) is 0 Å². The van der Waals surface area contributed by atoms with Gasteiger partial charge in [0.05, 0.1) is 17.1 Å². The van der Waals surface area contributed by atoms with E-state index in [9.17, 15) is 9.90 Å². The predicted octanol–water partition coefficient (Wildman–Crippen LogP) is 1.57. The van der Waals surface area contributed by atoms with E-state index >= 15 is 0 Å². The first-order valence-corrected chi connectivity index (χ1v) is 7.13. The summed E-state index contributed by atoms with van der Waals surface area (Å²) in [5.74, 6) is -0.370. The number of carbonyl (C=O) groups is 1. The molecule has 2 heterocycles. The monoisotopic (exact) mass is 264 g/mol. The minimum Gasteiger partial charge on any atom is -0.458 e.